The molecule has 0 aliphatic heterocycles. The van der Waals surface area contributed by atoms with Crippen molar-refractivity contribution in [2.24, 2.45) is 0 Å². The molecule has 0 fully saturated rings. The van der Waals surface area contributed by atoms with Gasteiger partial charge in [-0.05, 0) is 6.42 Å². The van der Waals surface area contributed by atoms with E-state index < -0.39 is 23.0 Å². The highest BCUT2D eigenvalue weighted by Gasteiger charge is 2.34. The van der Waals surface area contributed by atoms with E-state index in [9.17, 15) is 18.0 Å². The average molecular weight is 298 g/mol. The lowest BCUT2D eigenvalue weighted by atomic mass is 10.2. The summed E-state index contributed by atoms with van der Waals surface area (Å²) in [6, 6.07) is -0.578. The summed E-state index contributed by atoms with van der Waals surface area (Å²) in [5.74, 6) is -0.740. The Bertz CT molecular complexity index is 422. The first-order chi connectivity index (χ1) is 8.88. The Morgan fingerprint density at radius 3 is 2.79 bits per heavy atom. The van der Waals surface area contributed by atoms with Crippen molar-refractivity contribution < 1.29 is 27.8 Å². The van der Waals surface area contributed by atoms with Gasteiger partial charge in [0.05, 0.1) is 18.8 Å². The summed E-state index contributed by atoms with van der Waals surface area (Å²) < 4.78 is 41.8. The number of nitrogens with one attached hydrogen (secondary N) is 1. The number of aliphatic hydroxyl groups excluding tert-OH is 1. The number of hydrogen-bond donors (Lipinski definition) is 2. The van der Waals surface area contributed by atoms with Gasteiger partial charge in [-0.15, -0.1) is 11.3 Å². The van der Waals surface area contributed by atoms with Crippen LogP contribution < -0.4 is 5.32 Å². The van der Waals surface area contributed by atoms with Gasteiger partial charge in [0.15, 0.2) is 5.01 Å². The molecule has 1 heterocycles. The number of halogens is 3. The van der Waals surface area contributed by atoms with Crippen LogP contribution in [0.25, 0.3) is 0 Å². The maximum absolute atomic E-state index is 12.3. The molecule has 0 spiro atoms. The topological polar surface area (TPSA) is 71.5 Å². The van der Waals surface area contributed by atoms with Crippen molar-refractivity contribution in [1.82, 2.24) is 10.3 Å². The van der Waals surface area contributed by atoms with Gasteiger partial charge in [-0.3, -0.25) is 4.79 Å². The predicted molar refractivity (Wildman–Crippen MR) is 61.9 cm³/mol. The van der Waals surface area contributed by atoms with Crippen LogP contribution in [-0.4, -0.2) is 42.4 Å². The van der Waals surface area contributed by atoms with Crippen LogP contribution in [0.1, 0.15) is 21.1 Å². The number of amides is 1. The number of ether oxygens (including phenoxy) is 1. The Morgan fingerprint density at radius 2 is 2.32 bits per heavy atom. The molecule has 0 aliphatic rings. The number of carbonyl (C=O) groups excluding carboxylic acids is 1. The highest BCUT2D eigenvalue weighted by atomic mass is 32.1. The highest BCUT2D eigenvalue weighted by Crippen LogP contribution is 2.33. The van der Waals surface area contributed by atoms with E-state index in [0.717, 1.165) is 0 Å². The summed E-state index contributed by atoms with van der Waals surface area (Å²) in [5.41, 5.74) is 0. The van der Waals surface area contributed by atoms with Gasteiger partial charge < -0.3 is 15.2 Å². The van der Waals surface area contributed by atoms with Crippen molar-refractivity contribution in [3.8, 4) is 0 Å². The van der Waals surface area contributed by atoms with E-state index in [2.05, 4.69) is 10.3 Å². The maximum Gasteiger partial charge on any atom is 0.427 e. The van der Waals surface area contributed by atoms with Crippen LogP contribution in [0, 0.1) is 0 Å². The van der Waals surface area contributed by atoms with E-state index >= 15 is 0 Å². The lowest BCUT2D eigenvalue weighted by Crippen LogP contribution is -2.38. The number of methoxy groups -OCH3 is 1. The molecule has 19 heavy (non-hydrogen) atoms. The second-order valence-electron chi connectivity index (χ2n) is 3.66. The lowest BCUT2D eigenvalue weighted by molar-refractivity contribution is -0.134. The molecule has 1 amide bonds. The number of aromatic nitrogens is 1. The molecular weight excluding hydrogens is 285 g/mol. The van der Waals surface area contributed by atoms with Crippen molar-refractivity contribution in [3.63, 3.8) is 0 Å². The third kappa shape index (κ3) is 4.77. The molecule has 0 bridgehead atoms. The van der Waals surface area contributed by atoms with E-state index in [-0.39, 0.29) is 23.0 Å². The third-order valence-corrected chi connectivity index (χ3v) is 3.25. The minimum Gasteiger partial charge on any atom is -0.394 e. The van der Waals surface area contributed by atoms with Crippen LogP contribution in [-0.2, 0) is 10.9 Å². The molecule has 1 unspecified atom stereocenters. The Balaban J connectivity index is 2.64. The van der Waals surface area contributed by atoms with Gasteiger partial charge in [-0.2, -0.15) is 13.2 Å². The molecule has 2 N–H and O–H groups in total. The van der Waals surface area contributed by atoms with Crippen LogP contribution >= 0.6 is 11.3 Å². The summed E-state index contributed by atoms with van der Waals surface area (Å²) in [5, 5.41) is 11.1. The zero-order chi connectivity index (χ0) is 14.5. The molecule has 5 nitrogen and oxygen atoms in total. The summed E-state index contributed by atoms with van der Waals surface area (Å²) in [6.07, 6.45) is -3.54. The van der Waals surface area contributed by atoms with Gasteiger partial charge in [-0.25, -0.2) is 4.98 Å². The fourth-order valence-corrected chi connectivity index (χ4v) is 1.91. The first-order valence-corrected chi connectivity index (χ1v) is 6.13. The predicted octanol–water partition coefficient (Wildman–Crippen LogP) is 1.29. The minimum atomic E-state index is -4.51. The van der Waals surface area contributed by atoms with Gasteiger partial charge in [0.2, 0.25) is 0 Å². The molecule has 9 heteroatoms. The SMILES string of the molecule is COCCC(CO)NC(=O)c1ncc(C(F)(F)F)s1. The molecule has 1 aromatic heterocycles. The van der Waals surface area contributed by atoms with Crippen molar-refractivity contribution in [2.75, 3.05) is 20.3 Å². The molecule has 108 valence electrons. The van der Waals surface area contributed by atoms with Crippen molar-refractivity contribution in [2.45, 2.75) is 18.6 Å². The molecule has 1 rings (SSSR count). The quantitative estimate of drug-likeness (QED) is 0.830. The average Bonchev–Trinajstić information content (AvgIpc) is 2.83. The summed E-state index contributed by atoms with van der Waals surface area (Å²) in [7, 11) is 1.46. The largest absolute Gasteiger partial charge is 0.427 e. The van der Waals surface area contributed by atoms with Crippen LogP contribution in [0.3, 0.4) is 0 Å². The Morgan fingerprint density at radius 1 is 1.63 bits per heavy atom. The van der Waals surface area contributed by atoms with Crippen molar-refractivity contribution in [3.05, 3.63) is 16.1 Å². The van der Waals surface area contributed by atoms with Crippen LogP contribution in [0.4, 0.5) is 13.2 Å². The summed E-state index contributed by atoms with van der Waals surface area (Å²) in [6.45, 7) is -0.0101. The van der Waals surface area contributed by atoms with Gasteiger partial charge in [0, 0.05) is 13.7 Å². The van der Waals surface area contributed by atoms with E-state index in [1.165, 1.54) is 7.11 Å². The monoisotopic (exact) mass is 298 g/mol. The minimum absolute atomic E-state index is 0.263. The van der Waals surface area contributed by atoms with Gasteiger partial charge in [0.25, 0.3) is 5.91 Å². The number of aliphatic hydroxyl groups is 1. The number of alkyl halides is 3. The molecule has 0 saturated carbocycles. The van der Waals surface area contributed by atoms with Crippen molar-refractivity contribution >= 4 is 17.2 Å². The fourth-order valence-electron chi connectivity index (χ4n) is 1.23. The van der Waals surface area contributed by atoms with Crippen LogP contribution in [0.5, 0.6) is 0 Å². The lowest BCUT2D eigenvalue weighted by Gasteiger charge is -2.14. The van der Waals surface area contributed by atoms with E-state index in [4.69, 9.17) is 9.84 Å². The summed E-state index contributed by atoms with van der Waals surface area (Å²) in [4.78, 5) is 14.1. The van der Waals surface area contributed by atoms with Gasteiger partial charge in [0.1, 0.15) is 4.88 Å². The van der Waals surface area contributed by atoms with Crippen LogP contribution in [0.2, 0.25) is 0 Å². The molecule has 1 atom stereocenters. The van der Waals surface area contributed by atoms with Crippen LogP contribution in [0.15, 0.2) is 6.20 Å². The number of carbonyl (C=O) groups is 1. The number of thiazole rings is 1. The Kier molecular flexibility index (Phi) is 5.70. The van der Waals surface area contributed by atoms with Gasteiger partial charge in [-0.1, -0.05) is 0 Å². The first-order valence-electron chi connectivity index (χ1n) is 5.32. The third-order valence-electron chi connectivity index (χ3n) is 2.21. The number of nitrogens with zero attached hydrogens (tertiary/aromatic N) is 1. The van der Waals surface area contributed by atoms with Gasteiger partial charge >= 0.3 is 6.18 Å². The standard InChI is InChI=1S/C10H13F3N2O3S/c1-18-3-2-6(5-16)15-8(17)9-14-4-7(19-9)10(11,12)13/h4,6,16H,2-3,5H2,1H3,(H,15,17). The molecule has 0 aromatic carbocycles. The van der Waals surface area contributed by atoms with E-state index in [1.54, 1.807) is 0 Å². The number of hydrogen-bond acceptors (Lipinski definition) is 5. The molecule has 1 aromatic rings. The fraction of sp³-hybridized carbons (Fsp3) is 0.600. The highest BCUT2D eigenvalue weighted by molar-refractivity contribution is 7.13. The molecule has 0 saturated heterocycles. The molecular formula is C10H13F3N2O3S. The van der Waals surface area contributed by atoms with E-state index in [1.807, 2.05) is 0 Å². The smallest absolute Gasteiger partial charge is 0.394 e. The normalized spacial score (nSPS) is 13.3. The zero-order valence-electron chi connectivity index (χ0n) is 10.0. The van der Waals surface area contributed by atoms with Crippen molar-refractivity contribution in [1.29, 1.82) is 0 Å². The zero-order valence-corrected chi connectivity index (χ0v) is 10.8. The summed E-state index contributed by atoms with van der Waals surface area (Å²) >= 11 is 0.263. The molecule has 0 aliphatic carbocycles. The first kappa shape index (κ1) is 15.9. The Labute approximate surface area is 111 Å². The second kappa shape index (κ2) is 6.83. The maximum atomic E-state index is 12.3. The Hall–Kier alpha value is -1.19. The van der Waals surface area contributed by atoms with E-state index in [0.29, 0.717) is 19.2 Å². The molecule has 0 radical (unpaired) electrons. The number of rotatable bonds is 6. The second-order valence-corrected chi connectivity index (χ2v) is 4.69.